The molecule has 0 saturated heterocycles. The topological polar surface area (TPSA) is 32.9 Å². The highest BCUT2D eigenvalue weighted by atomic mass is 32.2. The molecule has 1 rings (SSSR count). The molecule has 0 fully saturated rings. The van der Waals surface area contributed by atoms with Crippen LogP contribution in [-0.2, 0) is 0 Å². The summed E-state index contributed by atoms with van der Waals surface area (Å²) in [5.41, 5.74) is 0.854. The number of hydrogen-bond donors (Lipinski definition) is 1. The Balaban J connectivity index is 2.85. The number of H-pyrrole nitrogens is 1. The summed E-state index contributed by atoms with van der Waals surface area (Å²) in [6.07, 6.45) is 2.84. The zero-order valence-corrected chi connectivity index (χ0v) is 8.20. The molecule has 0 aliphatic carbocycles. The average molecular weight is 183 g/mol. The Hall–Kier alpha value is -0.700. The van der Waals surface area contributed by atoms with E-state index >= 15 is 0 Å². The van der Waals surface area contributed by atoms with E-state index in [-0.39, 0.29) is 5.56 Å². The fourth-order valence-corrected chi connectivity index (χ4v) is 1.80. The van der Waals surface area contributed by atoms with Crippen LogP contribution in [-0.4, -0.2) is 10.7 Å². The predicted molar refractivity (Wildman–Crippen MR) is 52.8 cm³/mol. The maximum absolute atomic E-state index is 11.1. The second kappa shape index (κ2) is 4.36. The zero-order chi connectivity index (χ0) is 8.97. The van der Waals surface area contributed by atoms with Crippen LogP contribution in [0.4, 0.5) is 0 Å². The lowest BCUT2D eigenvalue weighted by atomic mass is 10.3. The van der Waals surface area contributed by atoms with Crippen molar-refractivity contribution in [1.82, 2.24) is 4.98 Å². The van der Waals surface area contributed by atoms with Crippen LogP contribution in [0.25, 0.3) is 0 Å². The largest absolute Gasteiger partial charge is 0.329 e. The Morgan fingerprint density at radius 3 is 3.00 bits per heavy atom. The van der Waals surface area contributed by atoms with E-state index < -0.39 is 0 Å². The van der Waals surface area contributed by atoms with Gasteiger partial charge in [0.15, 0.2) is 0 Å². The molecular weight excluding hydrogens is 170 g/mol. The van der Waals surface area contributed by atoms with Crippen molar-refractivity contribution in [3.8, 4) is 0 Å². The first-order valence-corrected chi connectivity index (χ1v) is 5.05. The van der Waals surface area contributed by atoms with E-state index in [2.05, 4.69) is 11.9 Å². The van der Waals surface area contributed by atoms with Crippen molar-refractivity contribution in [2.24, 2.45) is 0 Å². The summed E-state index contributed by atoms with van der Waals surface area (Å²) < 4.78 is 0. The van der Waals surface area contributed by atoms with Gasteiger partial charge in [0, 0.05) is 16.7 Å². The molecule has 0 aromatic carbocycles. The minimum absolute atomic E-state index is 0.0242. The quantitative estimate of drug-likeness (QED) is 0.729. The summed E-state index contributed by atoms with van der Waals surface area (Å²) in [5, 5.41) is 0. The van der Waals surface area contributed by atoms with Gasteiger partial charge in [-0.25, -0.2) is 0 Å². The van der Waals surface area contributed by atoms with E-state index in [1.165, 1.54) is 0 Å². The second-order valence-electron chi connectivity index (χ2n) is 2.64. The van der Waals surface area contributed by atoms with Gasteiger partial charge in [-0.3, -0.25) is 4.79 Å². The van der Waals surface area contributed by atoms with Crippen molar-refractivity contribution in [2.45, 2.75) is 25.2 Å². The van der Waals surface area contributed by atoms with Gasteiger partial charge in [-0.05, 0) is 25.2 Å². The highest BCUT2D eigenvalue weighted by molar-refractivity contribution is 7.99. The van der Waals surface area contributed by atoms with Crippen LogP contribution in [0.15, 0.2) is 22.0 Å². The minimum Gasteiger partial charge on any atom is -0.329 e. The minimum atomic E-state index is 0.0242. The fourth-order valence-electron chi connectivity index (χ4n) is 0.907. The van der Waals surface area contributed by atoms with Gasteiger partial charge < -0.3 is 4.98 Å². The SMILES string of the molecule is CCCSc1cc[nH]c(=O)c1C. The second-order valence-corrected chi connectivity index (χ2v) is 3.78. The van der Waals surface area contributed by atoms with Gasteiger partial charge in [-0.1, -0.05) is 6.92 Å². The van der Waals surface area contributed by atoms with Crippen LogP contribution in [0, 0.1) is 6.92 Å². The average Bonchev–Trinajstić information content (AvgIpc) is 2.08. The molecule has 2 nitrogen and oxygen atoms in total. The molecule has 0 saturated carbocycles. The lowest BCUT2D eigenvalue weighted by Gasteiger charge is -2.01. The van der Waals surface area contributed by atoms with Crippen molar-refractivity contribution in [3.05, 3.63) is 28.2 Å². The predicted octanol–water partition coefficient (Wildman–Crippen LogP) is 2.19. The third kappa shape index (κ3) is 2.14. The Kier molecular flexibility index (Phi) is 3.41. The number of aromatic nitrogens is 1. The molecule has 0 atom stereocenters. The van der Waals surface area contributed by atoms with Gasteiger partial charge in [0.2, 0.25) is 0 Å². The summed E-state index contributed by atoms with van der Waals surface area (Å²) >= 11 is 1.74. The monoisotopic (exact) mass is 183 g/mol. The van der Waals surface area contributed by atoms with Crippen molar-refractivity contribution in [3.63, 3.8) is 0 Å². The molecule has 66 valence electrons. The number of aromatic amines is 1. The number of thioether (sulfide) groups is 1. The third-order valence-electron chi connectivity index (χ3n) is 1.62. The van der Waals surface area contributed by atoms with Gasteiger partial charge >= 0.3 is 0 Å². The Morgan fingerprint density at radius 2 is 2.33 bits per heavy atom. The molecular formula is C9H13NOS. The van der Waals surface area contributed by atoms with Crippen molar-refractivity contribution in [1.29, 1.82) is 0 Å². The van der Waals surface area contributed by atoms with Gasteiger partial charge in [0.1, 0.15) is 0 Å². The van der Waals surface area contributed by atoms with Crippen LogP contribution in [0.2, 0.25) is 0 Å². The molecule has 1 N–H and O–H groups in total. The van der Waals surface area contributed by atoms with E-state index in [9.17, 15) is 4.79 Å². The van der Waals surface area contributed by atoms with E-state index in [4.69, 9.17) is 0 Å². The number of nitrogens with one attached hydrogen (secondary N) is 1. The molecule has 0 unspecified atom stereocenters. The van der Waals surface area contributed by atoms with Gasteiger partial charge in [0.25, 0.3) is 5.56 Å². The molecule has 1 heterocycles. The standard InChI is InChI=1S/C9H13NOS/c1-3-6-12-8-4-5-10-9(11)7(8)2/h4-5H,3,6H2,1-2H3,(H,10,11). The maximum Gasteiger partial charge on any atom is 0.251 e. The lowest BCUT2D eigenvalue weighted by Crippen LogP contribution is -2.08. The molecule has 0 spiro atoms. The summed E-state index contributed by atoms with van der Waals surface area (Å²) in [5.74, 6) is 1.07. The van der Waals surface area contributed by atoms with Crippen molar-refractivity contribution >= 4 is 11.8 Å². The molecule has 1 aromatic rings. The van der Waals surface area contributed by atoms with Crippen LogP contribution in [0.5, 0.6) is 0 Å². The van der Waals surface area contributed by atoms with E-state index in [0.717, 1.165) is 22.6 Å². The normalized spacial score (nSPS) is 10.2. The van der Waals surface area contributed by atoms with E-state index in [1.54, 1.807) is 18.0 Å². The highest BCUT2D eigenvalue weighted by Gasteiger charge is 2.00. The van der Waals surface area contributed by atoms with Crippen LogP contribution >= 0.6 is 11.8 Å². The fraction of sp³-hybridized carbons (Fsp3) is 0.444. The first-order valence-electron chi connectivity index (χ1n) is 4.06. The van der Waals surface area contributed by atoms with Crippen LogP contribution in [0.1, 0.15) is 18.9 Å². The first-order chi connectivity index (χ1) is 5.75. The number of rotatable bonds is 3. The first kappa shape index (κ1) is 9.39. The molecule has 12 heavy (non-hydrogen) atoms. The van der Waals surface area contributed by atoms with Crippen LogP contribution < -0.4 is 5.56 Å². The van der Waals surface area contributed by atoms with Gasteiger partial charge in [-0.15, -0.1) is 11.8 Å². The summed E-state index contributed by atoms with van der Waals surface area (Å²) in [6, 6.07) is 1.96. The zero-order valence-electron chi connectivity index (χ0n) is 7.39. The lowest BCUT2D eigenvalue weighted by molar-refractivity contribution is 1.08. The Bertz CT molecular complexity index is 306. The Labute approximate surface area is 76.4 Å². The Morgan fingerprint density at radius 1 is 1.58 bits per heavy atom. The molecule has 0 aliphatic rings. The highest BCUT2D eigenvalue weighted by Crippen LogP contribution is 2.19. The smallest absolute Gasteiger partial charge is 0.251 e. The van der Waals surface area contributed by atoms with E-state index in [0.29, 0.717) is 0 Å². The third-order valence-corrected chi connectivity index (χ3v) is 2.99. The number of hydrogen-bond acceptors (Lipinski definition) is 2. The molecule has 1 aromatic heterocycles. The number of pyridine rings is 1. The van der Waals surface area contributed by atoms with Gasteiger partial charge in [0.05, 0.1) is 0 Å². The maximum atomic E-state index is 11.1. The summed E-state index contributed by atoms with van der Waals surface area (Å²) in [6.45, 7) is 3.99. The summed E-state index contributed by atoms with van der Waals surface area (Å²) in [7, 11) is 0. The molecule has 0 aliphatic heterocycles. The molecule has 0 radical (unpaired) electrons. The van der Waals surface area contributed by atoms with Crippen LogP contribution in [0.3, 0.4) is 0 Å². The van der Waals surface area contributed by atoms with Gasteiger partial charge in [-0.2, -0.15) is 0 Å². The molecule has 3 heteroatoms. The van der Waals surface area contributed by atoms with E-state index in [1.807, 2.05) is 13.0 Å². The van der Waals surface area contributed by atoms with Crippen molar-refractivity contribution in [2.75, 3.05) is 5.75 Å². The molecule has 0 amide bonds. The summed E-state index contributed by atoms with van der Waals surface area (Å²) in [4.78, 5) is 14.9. The van der Waals surface area contributed by atoms with Crippen molar-refractivity contribution < 1.29 is 0 Å². The molecule has 0 bridgehead atoms.